The van der Waals surface area contributed by atoms with Gasteiger partial charge in [-0.05, 0) is 42.5 Å². The second-order valence-corrected chi connectivity index (χ2v) is 5.37. The fourth-order valence-electron chi connectivity index (χ4n) is 2.16. The number of rotatable bonds is 6. The summed E-state index contributed by atoms with van der Waals surface area (Å²) >= 11 is 0. The number of anilines is 2. The van der Waals surface area contributed by atoms with Crippen molar-refractivity contribution in [3.05, 3.63) is 59.7 Å². The molecular weight excluding hydrogens is 349 g/mol. The predicted molar refractivity (Wildman–Crippen MR) is 91.0 cm³/mol. The second kappa shape index (κ2) is 8.37. The first-order chi connectivity index (χ1) is 12.3. The Hall–Kier alpha value is -3.03. The van der Waals surface area contributed by atoms with Crippen LogP contribution in [0.1, 0.15) is 22.3 Å². The highest BCUT2D eigenvalue weighted by Gasteiger charge is 2.30. The molecule has 0 saturated carbocycles. The van der Waals surface area contributed by atoms with Gasteiger partial charge in [0.1, 0.15) is 0 Å². The summed E-state index contributed by atoms with van der Waals surface area (Å²) in [4.78, 5) is 23.2. The average Bonchev–Trinajstić information content (AvgIpc) is 2.61. The molecule has 0 atom stereocenters. The van der Waals surface area contributed by atoms with Gasteiger partial charge in [0.2, 0.25) is 5.91 Å². The first-order valence-corrected chi connectivity index (χ1v) is 7.69. The van der Waals surface area contributed by atoms with Crippen LogP contribution in [0.2, 0.25) is 0 Å². The van der Waals surface area contributed by atoms with Gasteiger partial charge in [0.25, 0.3) is 0 Å². The van der Waals surface area contributed by atoms with Gasteiger partial charge in [0, 0.05) is 24.3 Å². The van der Waals surface area contributed by atoms with E-state index in [1.807, 2.05) is 0 Å². The molecule has 8 heteroatoms. The number of carbonyl (C=O) groups is 2. The van der Waals surface area contributed by atoms with Crippen LogP contribution in [0.3, 0.4) is 0 Å². The normalized spacial score (nSPS) is 10.9. The number of hydrogen-bond donors (Lipinski definition) is 2. The van der Waals surface area contributed by atoms with Crippen molar-refractivity contribution >= 4 is 23.3 Å². The number of amides is 1. The number of ether oxygens (including phenoxy) is 1. The molecule has 0 unspecified atom stereocenters. The molecule has 0 aliphatic carbocycles. The molecule has 0 aliphatic rings. The molecule has 0 fully saturated rings. The molecule has 0 heterocycles. The van der Waals surface area contributed by atoms with Crippen molar-refractivity contribution in [1.29, 1.82) is 0 Å². The number of esters is 1. The van der Waals surface area contributed by atoms with Crippen LogP contribution in [0.4, 0.5) is 24.5 Å². The van der Waals surface area contributed by atoms with Crippen molar-refractivity contribution in [2.24, 2.45) is 0 Å². The van der Waals surface area contributed by atoms with Gasteiger partial charge in [-0.15, -0.1) is 0 Å². The van der Waals surface area contributed by atoms with E-state index in [-0.39, 0.29) is 24.6 Å². The van der Waals surface area contributed by atoms with E-state index in [4.69, 9.17) is 0 Å². The summed E-state index contributed by atoms with van der Waals surface area (Å²) in [5.41, 5.74) is 0.395. The van der Waals surface area contributed by atoms with E-state index in [0.29, 0.717) is 11.3 Å². The highest BCUT2D eigenvalue weighted by atomic mass is 19.4. The minimum atomic E-state index is -4.41. The molecule has 0 radical (unpaired) electrons. The Morgan fingerprint density at radius 2 is 1.73 bits per heavy atom. The number of hydrogen-bond acceptors (Lipinski definition) is 4. The van der Waals surface area contributed by atoms with Crippen LogP contribution >= 0.6 is 0 Å². The van der Waals surface area contributed by atoms with Crippen molar-refractivity contribution in [2.45, 2.75) is 12.6 Å². The first-order valence-electron chi connectivity index (χ1n) is 7.69. The summed E-state index contributed by atoms with van der Waals surface area (Å²) in [7, 11) is 1.27. The van der Waals surface area contributed by atoms with Gasteiger partial charge in [-0.25, -0.2) is 4.79 Å². The van der Waals surface area contributed by atoms with Crippen LogP contribution in [-0.2, 0) is 15.7 Å². The summed E-state index contributed by atoms with van der Waals surface area (Å²) in [6.07, 6.45) is -4.35. The summed E-state index contributed by atoms with van der Waals surface area (Å²) < 4.78 is 42.5. The molecule has 1 amide bonds. The quantitative estimate of drug-likeness (QED) is 0.760. The molecule has 0 bridgehead atoms. The zero-order chi connectivity index (χ0) is 19.2. The van der Waals surface area contributed by atoms with E-state index in [2.05, 4.69) is 15.4 Å². The molecule has 0 saturated heterocycles. The summed E-state index contributed by atoms with van der Waals surface area (Å²) in [5.74, 6) is -0.788. The maximum absolute atomic E-state index is 12.6. The number of carbonyl (C=O) groups excluding carboxylic acids is 2. The zero-order valence-corrected chi connectivity index (χ0v) is 13.9. The van der Waals surface area contributed by atoms with Gasteiger partial charge in [-0.1, -0.05) is 6.07 Å². The molecule has 0 spiro atoms. The lowest BCUT2D eigenvalue weighted by molar-refractivity contribution is -0.137. The van der Waals surface area contributed by atoms with E-state index in [9.17, 15) is 22.8 Å². The molecular formula is C18H17F3N2O3. The van der Waals surface area contributed by atoms with E-state index < -0.39 is 17.7 Å². The van der Waals surface area contributed by atoms with Crippen molar-refractivity contribution in [2.75, 3.05) is 24.3 Å². The molecule has 2 aromatic carbocycles. The lowest BCUT2D eigenvalue weighted by atomic mass is 10.2. The predicted octanol–water partition coefficient (Wildman–Crippen LogP) is 3.93. The van der Waals surface area contributed by atoms with Crippen LogP contribution < -0.4 is 10.6 Å². The molecule has 0 aliphatic heterocycles. The van der Waals surface area contributed by atoms with Crippen molar-refractivity contribution < 1.29 is 27.5 Å². The first kappa shape index (κ1) is 19.3. The standard InChI is InChI=1S/C18H17F3N2O3/c1-26-17(25)12-5-7-14(8-6-12)23-16(24)9-10-22-15-4-2-3-13(11-15)18(19,20)21/h2-8,11,22H,9-10H2,1H3,(H,23,24). The maximum atomic E-state index is 12.6. The van der Waals surface area contributed by atoms with E-state index in [1.165, 1.54) is 31.4 Å². The van der Waals surface area contributed by atoms with Crippen LogP contribution in [0.5, 0.6) is 0 Å². The third-order valence-corrected chi connectivity index (χ3v) is 3.46. The fourth-order valence-corrected chi connectivity index (χ4v) is 2.16. The van der Waals surface area contributed by atoms with Crippen LogP contribution in [0.25, 0.3) is 0 Å². The summed E-state index contributed by atoms with van der Waals surface area (Å²) in [6.45, 7) is 0.174. The zero-order valence-electron chi connectivity index (χ0n) is 13.9. The van der Waals surface area contributed by atoms with Crippen molar-refractivity contribution in [1.82, 2.24) is 0 Å². The molecule has 26 heavy (non-hydrogen) atoms. The van der Waals surface area contributed by atoms with Gasteiger partial charge in [0.15, 0.2) is 0 Å². The topological polar surface area (TPSA) is 67.4 Å². The molecule has 2 rings (SSSR count). The Bertz CT molecular complexity index is 774. The van der Waals surface area contributed by atoms with Gasteiger partial charge < -0.3 is 15.4 Å². The maximum Gasteiger partial charge on any atom is 0.416 e. The number of halogens is 3. The highest BCUT2D eigenvalue weighted by molar-refractivity contribution is 5.93. The monoisotopic (exact) mass is 366 g/mol. The number of alkyl halides is 3. The molecule has 2 N–H and O–H groups in total. The van der Waals surface area contributed by atoms with Gasteiger partial charge in [0.05, 0.1) is 18.2 Å². The number of nitrogens with one attached hydrogen (secondary N) is 2. The lowest BCUT2D eigenvalue weighted by Gasteiger charge is -2.11. The van der Waals surface area contributed by atoms with E-state index in [1.54, 1.807) is 12.1 Å². The summed E-state index contributed by atoms with van der Waals surface area (Å²) in [5, 5.41) is 5.42. The third kappa shape index (κ3) is 5.51. The fraction of sp³-hybridized carbons (Fsp3) is 0.222. The minimum absolute atomic E-state index is 0.0645. The number of methoxy groups -OCH3 is 1. The smallest absolute Gasteiger partial charge is 0.416 e. The van der Waals surface area contributed by atoms with Crippen LogP contribution in [0.15, 0.2) is 48.5 Å². The van der Waals surface area contributed by atoms with Gasteiger partial charge in [-0.2, -0.15) is 13.2 Å². The molecule has 2 aromatic rings. The second-order valence-electron chi connectivity index (χ2n) is 5.37. The van der Waals surface area contributed by atoms with Crippen molar-refractivity contribution in [3.8, 4) is 0 Å². The Kier molecular flexibility index (Phi) is 6.21. The molecule has 5 nitrogen and oxygen atoms in total. The Balaban J connectivity index is 1.83. The number of benzene rings is 2. The van der Waals surface area contributed by atoms with E-state index >= 15 is 0 Å². The third-order valence-electron chi connectivity index (χ3n) is 3.46. The van der Waals surface area contributed by atoms with Crippen molar-refractivity contribution in [3.63, 3.8) is 0 Å². The van der Waals surface area contributed by atoms with Gasteiger partial charge >= 0.3 is 12.1 Å². The summed E-state index contributed by atoms with van der Waals surface area (Å²) in [6, 6.07) is 10.9. The largest absolute Gasteiger partial charge is 0.465 e. The van der Waals surface area contributed by atoms with Crippen LogP contribution in [0, 0.1) is 0 Å². The average molecular weight is 366 g/mol. The Labute approximate surface area is 148 Å². The SMILES string of the molecule is COC(=O)c1ccc(NC(=O)CCNc2cccc(C(F)(F)F)c2)cc1. The molecule has 0 aromatic heterocycles. The Morgan fingerprint density at radius 3 is 2.35 bits per heavy atom. The van der Waals surface area contributed by atoms with Gasteiger partial charge in [-0.3, -0.25) is 4.79 Å². The minimum Gasteiger partial charge on any atom is -0.465 e. The van der Waals surface area contributed by atoms with Crippen LogP contribution in [-0.4, -0.2) is 25.5 Å². The van der Waals surface area contributed by atoms with E-state index in [0.717, 1.165) is 12.1 Å². The highest BCUT2D eigenvalue weighted by Crippen LogP contribution is 2.30. The lowest BCUT2D eigenvalue weighted by Crippen LogP contribution is -2.16. The molecule has 138 valence electrons. The Morgan fingerprint density at radius 1 is 1.04 bits per heavy atom.